The second kappa shape index (κ2) is 10.7. The van der Waals surface area contributed by atoms with Gasteiger partial charge in [-0.2, -0.15) is 0 Å². The molecule has 0 amide bonds. The highest BCUT2D eigenvalue weighted by Gasteiger charge is 2.52. The summed E-state index contributed by atoms with van der Waals surface area (Å²) in [5.41, 5.74) is 22.0. The molecule has 0 N–H and O–H groups in total. The number of para-hydroxylation sites is 4. The summed E-state index contributed by atoms with van der Waals surface area (Å²) < 4.78 is 19.8. The maximum atomic E-state index is 7.36. The zero-order chi connectivity index (χ0) is 39.0. The molecule has 0 radical (unpaired) electrons. The molecule has 2 aromatic heterocycles. The average Bonchev–Trinajstić information content (AvgIpc) is 3.79. The second-order valence-electron chi connectivity index (χ2n) is 18.6. The molecule has 0 saturated heterocycles. The molecule has 13 rings (SSSR count). The minimum atomic E-state index is -0.171. The Bertz CT molecular complexity index is 3140. The highest BCUT2D eigenvalue weighted by atomic mass is 16.3. The van der Waals surface area contributed by atoms with Crippen molar-refractivity contribution >= 4 is 92.0 Å². The van der Waals surface area contributed by atoms with Crippen molar-refractivity contribution < 1.29 is 8.83 Å². The summed E-state index contributed by atoms with van der Waals surface area (Å²) in [4.78, 5) is 5.09. The molecular formula is C50H40B2N4O2. The van der Waals surface area contributed by atoms with Crippen LogP contribution in [0.15, 0.2) is 142 Å². The lowest BCUT2D eigenvalue weighted by Crippen LogP contribution is -2.52. The molecule has 0 unspecified atom stereocenters. The van der Waals surface area contributed by atoms with E-state index in [2.05, 4.69) is 194 Å². The minimum Gasteiger partial charge on any atom is -0.451 e. The Morgan fingerprint density at radius 1 is 0.431 bits per heavy atom. The van der Waals surface area contributed by atoms with E-state index in [1.165, 1.54) is 44.3 Å². The van der Waals surface area contributed by atoms with Crippen LogP contribution in [-0.2, 0) is 10.8 Å². The number of benzene rings is 7. The van der Waals surface area contributed by atoms with Gasteiger partial charge in [0.15, 0.2) is 11.2 Å². The summed E-state index contributed by atoms with van der Waals surface area (Å²) in [6.45, 7) is 13.4. The van der Waals surface area contributed by atoms with Crippen LogP contribution in [0.3, 0.4) is 0 Å². The minimum absolute atomic E-state index is 0.0102. The fourth-order valence-electron chi connectivity index (χ4n) is 10.5. The van der Waals surface area contributed by atoms with Gasteiger partial charge >= 0.3 is 14.0 Å². The third-order valence-corrected chi connectivity index (χ3v) is 13.2. The first-order chi connectivity index (χ1) is 28.1. The predicted molar refractivity (Wildman–Crippen MR) is 242 cm³/mol. The van der Waals surface area contributed by atoms with Crippen molar-refractivity contribution in [1.29, 1.82) is 0 Å². The van der Waals surface area contributed by atoms with Crippen molar-refractivity contribution in [2.75, 3.05) is 9.62 Å². The standard InChI is InChI=1S/C50H40B2N4O2/c1-49(2,3)29-23-25-37-33(27-29)31-15-7-9-17-35(31)51-53(37)43-45-48(58-41-21-13-11-19-39(41)55(45)51)44-46-47(43)57-42-22-14-12-20-40(42)56(46)52-36-18-10-8-16-32(36)34-28-30(50(4,5)6)24-26-38(34)54(44)52/h7-28H,1-6H3. The van der Waals surface area contributed by atoms with E-state index in [9.17, 15) is 0 Å². The van der Waals surface area contributed by atoms with E-state index in [0.29, 0.717) is 0 Å². The van der Waals surface area contributed by atoms with Crippen LogP contribution in [0, 0.1) is 0 Å². The quantitative estimate of drug-likeness (QED) is 0.114. The van der Waals surface area contributed by atoms with Crippen molar-refractivity contribution in [3.63, 3.8) is 0 Å². The molecule has 0 bridgehead atoms. The van der Waals surface area contributed by atoms with Crippen molar-refractivity contribution in [1.82, 2.24) is 8.96 Å². The zero-order valence-electron chi connectivity index (χ0n) is 33.5. The van der Waals surface area contributed by atoms with Crippen molar-refractivity contribution in [2.24, 2.45) is 0 Å². The van der Waals surface area contributed by atoms with E-state index in [4.69, 9.17) is 8.83 Å². The van der Waals surface area contributed by atoms with Crippen LogP contribution in [0.2, 0.25) is 0 Å². The van der Waals surface area contributed by atoms with Gasteiger partial charge < -0.3 is 27.4 Å². The van der Waals surface area contributed by atoms with Gasteiger partial charge in [-0.3, -0.25) is 0 Å². The van der Waals surface area contributed by atoms with E-state index in [0.717, 1.165) is 67.1 Å². The molecule has 6 nitrogen and oxygen atoms in total. The number of nitrogens with zero attached hydrogens (tertiary/aromatic N) is 4. The molecule has 0 aliphatic carbocycles. The monoisotopic (exact) mass is 750 g/mol. The second-order valence-corrected chi connectivity index (χ2v) is 18.6. The van der Waals surface area contributed by atoms with Gasteiger partial charge in [-0.05, 0) is 92.5 Å². The summed E-state index contributed by atoms with van der Waals surface area (Å²) in [7, 11) is 0. The molecule has 8 heteroatoms. The average molecular weight is 751 g/mol. The number of rotatable bonds is 0. The maximum absolute atomic E-state index is 7.36. The molecule has 0 saturated carbocycles. The largest absolute Gasteiger partial charge is 0.451 e. The Morgan fingerprint density at radius 2 is 0.828 bits per heavy atom. The van der Waals surface area contributed by atoms with Crippen LogP contribution in [0.25, 0.3) is 66.7 Å². The number of hydrogen-bond donors (Lipinski definition) is 0. The van der Waals surface area contributed by atoms with Crippen LogP contribution in [0.1, 0.15) is 52.7 Å². The third kappa shape index (κ3) is 3.95. The molecule has 9 aromatic rings. The maximum Gasteiger partial charge on any atom is 0.421 e. The first-order valence-corrected chi connectivity index (χ1v) is 20.5. The fraction of sp³-hybridized carbons (Fsp3) is 0.160. The van der Waals surface area contributed by atoms with Crippen LogP contribution >= 0.6 is 0 Å². The van der Waals surface area contributed by atoms with E-state index in [-0.39, 0.29) is 24.8 Å². The normalized spacial score (nSPS) is 14.6. The van der Waals surface area contributed by atoms with Gasteiger partial charge in [-0.15, -0.1) is 0 Å². The fourth-order valence-corrected chi connectivity index (χ4v) is 10.5. The highest BCUT2D eigenvalue weighted by Crippen LogP contribution is 2.58. The van der Waals surface area contributed by atoms with Gasteiger partial charge in [0, 0.05) is 22.5 Å². The lowest BCUT2D eigenvalue weighted by Gasteiger charge is -2.35. The highest BCUT2D eigenvalue weighted by molar-refractivity contribution is 6.84. The number of aromatic nitrogens is 2. The molecule has 58 heavy (non-hydrogen) atoms. The van der Waals surface area contributed by atoms with Crippen molar-refractivity contribution in [2.45, 2.75) is 52.4 Å². The number of hydrogen-bond acceptors (Lipinski definition) is 4. The molecule has 4 aliphatic heterocycles. The van der Waals surface area contributed by atoms with Gasteiger partial charge in [0.1, 0.15) is 33.6 Å². The summed E-state index contributed by atoms with van der Waals surface area (Å²) in [6, 6.07) is 49.2. The smallest absolute Gasteiger partial charge is 0.421 e. The summed E-state index contributed by atoms with van der Waals surface area (Å²) in [6.07, 6.45) is 0. The summed E-state index contributed by atoms with van der Waals surface area (Å²) in [5, 5.41) is 0. The van der Waals surface area contributed by atoms with E-state index < -0.39 is 0 Å². The molecule has 4 aliphatic rings. The Kier molecular flexibility index (Phi) is 6.00. The van der Waals surface area contributed by atoms with E-state index in [1.807, 2.05) is 0 Å². The SMILES string of the molecule is CC(C)(C)c1ccc2c(c1)-c1ccccc1B1N2c2c3oc4ccccc4n4c3c(c3oc5ccccc5n1c23)N1B4c2ccccc2-c2cc(C(C)(C)C)ccc21. The van der Waals surface area contributed by atoms with Crippen molar-refractivity contribution in [3.8, 4) is 22.3 Å². The van der Waals surface area contributed by atoms with E-state index >= 15 is 0 Å². The Labute approximate surface area is 337 Å². The Hall–Kier alpha value is -6.53. The first kappa shape index (κ1) is 32.5. The zero-order valence-corrected chi connectivity index (χ0v) is 33.5. The third-order valence-electron chi connectivity index (χ3n) is 13.2. The Balaban J connectivity index is 1.24. The van der Waals surface area contributed by atoms with E-state index in [1.54, 1.807) is 0 Å². The molecule has 0 fully saturated rings. The van der Waals surface area contributed by atoms with Gasteiger partial charge in [0.05, 0.1) is 11.0 Å². The summed E-state index contributed by atoms with van der Waals surface area (Å²) in [5.74, 6) is 0. The molecule has 0 spiro atoms. The van der Waals surface area contributed by atoms with Gasteiger partial charge in [-0.25, -0.2) is 0 Å². The van der Waals surface area contributed by atoms with Crippen molar-refractivity contribution in [3.05, 3.63) is 145 Å². The van der Waals surface area contributed by atoms with Crippen LogP contribution in [0.5, 0.6) is 0 Å². The van der Waals surface area contributed by atoms with Gasteiger partial charge in [0.2, 0.25) is 0 Å². The molecule has 278 valence electrons. The first-order valence-electron chi connectivity index (χ1n) is 20.5. The van der Waals surface area contributed by atoms with Gasteiger partial charge in [0.25, 0.3) is 0 Å². The number of fused-ring (bicyclic) bond motifs is 22. The van der Waals surface area contributed by atoms with Gasteiger partial charge in [-0.1, -0.05) is 126 Å². The van der Waals surface area contributed by atoms with Crippen LogP contribution < -0.4 is 20.5 Å². The Morgan fingerprint density at radius 3 is 1.26 bits per heavy atom. The molecule has 7 aromatic carbocycles. The lowest BCUT2D eigenvalue weighted by molar-refractivity contribution is 0.590. The predicted octanol–water partition coefficient (Wildman–Crippen LogP) is 11.6. The summed E-state index contributed by atoms with van der Waals surface area (Å²) >= 11 is 0. The lowest BCUT2D eigenvalue weighted by atomic mass is 9.60. The molecule has 6 heterocycles. The topological polar surface area (TPSA) is 42.6 Å². The van der Waals surface area contributed by atoms with Crippen LogP contribution in [0.4, 0.5) is 22.7 Å². The number of anilines is 4. The molecule has 0 atom stereocenters. The molecular weight excluding hydrogens is 710 g/mol. The van der Waals surface area contributed by atoms with Crippen LogP contribution in [-0.4, -0.2) is 22.9 Å².